The van der Waals surface area contributed by atoms with Gasteiger partial charge in [-0.25, -0.2) is 0 Å². The van der Waals surface area contributed by atoms with Crippen molar-refractivity contribution in [3.63, 3.8) is 0 Å². The molecule has 0 aromatic rings. The first-order valence-electron chi connectivity index (χ1n) is 1.13. The fraction of sp³-hybridized carbons (Fsp3) is 1.00. The van der Waals surface area contributed by atoms with Crippen LogP contribution in [0.4, 0.5) is 0 Å². The molecule has 0 fully saturated rings. The first-order chi connectivity index (χ1) is 1.91. The Morgan fingerprint density at radius 2 is 1.17 bits per heavy atom. The molecule has 0 heterocycles. The molecule has 0 radical (unpaired) electrons. The quantitative estimate of drug-likeness (QED) is 0.343. The van der Waals surface area contributed by atoms with Crippen LogP contribution in [0.3, 0.4) is 0 Å². The third-order valence-electron chi connectivity index (χ3n) is 0.1000. The van der Waals surface area contributed by atoms with E-state index in [1.54, 1.807) is 0 Å². The van der Waals surface area contributed by atoms with E-state index in [-0.39, 0.29) is 70.1 Å². The molecule has 0 aromatic heterocycles. The van der Waals surface area contributed by atoms with Gasteiger partial charge in [-0.3, -0.25) is 0 Å². The zero-order valence-electron chi connectivity index (χ0n) is 3.76. The van der Waals surface area contributed by atoms with Crippen LogP contribution in [0.5, 0.6) is 0 Å². The van der Waals surface area contributed by atoms with Crippen LogP contribution in [0.1, 0.15) is 0 Å². The van der Waals surface area contributed by atoms with Crippen LogP contribution in [-0.2, 0) is 0 Å². The van der Waals surface area contributed by atoms with Crippen molar-refractivity contribution in [2.75, 3.05) is 13.2 Å². The van der Waals surface area contributed by atoms with Crippen LogP contribution in [-0.4, -0.2) is 28.9 Å². The molecule has 0 rings (SSSR count). The standard InChI is InChI=1S/C2H6O2.K.H2O/c3-1-2-4;;/h3-4H,1-2H2;;1H2/q;+1;/p-1. The molecule has 0 aliphatic rings. The third kappa shape index (κ3) is 17.8. The van der Waals surface area contributed by atoms with Crippen molar-refractivity contribution in [1.29, 1.82) is 0 Å². The van der Waals surface area contributed by atoms with Gasteiger partial charge < -0.3 is 15.7 Å². The van der Waals surface area contributed by atoms with Gasteiger partial charge in [-0.05, 0) is 0 Å². The van der Waals surface area contributed by atoms with Gasteiger partial charge in [0.2, 0.25) is 0 Å². The second kappa shape index (κ2) is 16.0. The summed E-state index contributed by atoms with van der Waals surface area (Å²) in [6, 6.07) is 0. The van der Waals surface area contributed by atoms with E-state index >= 15 is 0 Å². The number of hydrogen-bond donors (Lipinski definition) is 2. The van der Waals surface area contributed by atoms with E-state index in [1.807, 2.05) is 0 Å². The van der Waals surface area contributed by atoms with Crippen molar-refractivity contribution in [1.82, 2.24) is 0 Å². The maximum absolute atomic E-state index is 7.62. The number of aliphatic hydroxyl groups excluding tert-OH is 2. The molecule has 3 nitrogen and oxygen atoms in total. The minimum atomic E-state index is -0.125. The van der Waals surface area contributed by atoms with Crippen LogP contribution in [0.15, 0.2) is 0 Å². The smallest absolute Gasteiger partial charge is 0.870 e. The summed E-state index contributed by atoms with van der Waals surface area (Å²) >= 11 is 0. The summed E-state index contributed by atoms with van der Waals surface area (Å²) in [6.45, 7) is -0.250. The van der Waals surface area contributed by atoms with E-state index in [4.69, 9.17) is 10.2 Å². The average molecular weight is 118 g/mol. The Balaban J connectivity index is -0.0000000450. The molecule has 0 aromatic carbocycles. The monoisotopic (exact) mass is 118 g/mol. The van der Waals surface area contributed by atoms with Gasteiger partial charge in [0.15, 0.2) is 0 Å². The minimum absolute atomic E-state index is 0. The molecular weight excluding hydrogens is 111 g/mol. The van der Waals surface area contributed by atoms with Gasteiger partial charge in [-0.15, -0.1) is 0 Å². The van der Waals surface area contributed by atoms with Crippen molar-refractivity contribution < 1.29 is 67.1 Å². The van der Waals surface area contributed by atoms with Crippen LogP contribution >= 0.6 is 0 Å². The van der Waals surface area contributed by atoms with Crippen LogP contribution < -0.4 is 51.4 Å². The van der Waals surface area contributed by atoms with E-state index in [1.165, 1.54) is 0 Å². The van der Waals surface area contributed by atoms with Gasteiger partial charge in [0.25, 0.3) is 0 Å². The molecule has 0 saturated heterocycles. The van der Waals surface area contributed by atoms with Gasteiger partial charge in [-0.1, -0.05) is 0 Å². The Morgan fingerprint density at radius 1 is 1.00 bits per heavy atom. The van der Waals surface area contributed by atoms with Gasteiger partial charge in [0.1, 0.15) is 0 Å². The van der Waals surface area contributed by atoms with Gasteiger partial charge in [-0.2, -0.15) is 0 Å². The molecule has 0 spiro atoms. The zero-order valence-corrected chi connectivity index (χ0v) is 6.88. The summed E-state index contributed by atoms with van der Waals surface area (Å²) in [6.07, 6.45) is 0. The summed E-state index contributed by atoms with van der Waals surface area (Å²) in [5.41, 5.74) is 0. The van der Waals surface area contributed by atoms with Crippen LogP contribution in [0, 0.1) is 0 Å². The molecule has 6 heavy (non-hydrogen) atoms. The van der Waals surface area contributed by atoms with Gasteiger partial charge in [0.05, 0.1) is 13.2 Å². The van der Waals surface area contributed by atoms with Gasteiger partial charge in [0, 0.05) is 0 Å². The Kier molecular flexibility index (Phi) is 41.8. The summed E-state index contributed by atoms with van der Waals surface area (Å²) in [5, 5.41) is 15.2. The first kappa shape index (κ1) is 15.6. The molecule has 0 aliphatic heterocycles. The first-order valence-corrected chi connectivity index (χ1v) is 1.13. The molecule has 0 aliphatic carbocycles. The summed E-state index contributed by atoms with van der Waals surface area (Å²) in [7, 11) is 0. The van der Waals surface area contributed by atoms with E-state index in [0.717, 1.165) is 0 Å². The molecule has 0 amide bonds. The Bertz CT molecular complexity index is 10.8. The maximum Gasteiger partial charge on any atom is 1.00 e. The van der Waals surface area contributed by atoms with Gasteiger partial charge >= 0.3 is 51.4 Å². The Labute approximate surface area is 79.1 Å². The minimum Gasteiger partial charge on any atom is -0.870 e. The second-order valence-electron chi connectivity index (χ2n) is 0.447. The molecule has 0 bridgehead atoms. The Hall–Kier alpha value is 1.52. The van der Waals surface area contributed by atoms with Crippen molar-refractivity contribution in [2.45, 2.75) is 0 Å². The summed E-state index contributed by atoms with van der Waals surface area (Å²) in [5.74, 6) is 0. The van der Waals surface area contributed by atoms with E-state index in [0.29, 0.717) is 0 Å². The van der Waals surface area contributed by atoms with Crippen molar-refractivity contribution in [2.24, 2.45) is 0 Å². The van der Waals surface area contributed by atoms with Crippen LogP contribution in [0.25, 0.3) is 0 Å². The molecule has 4 heteroatoms. The molecule has 0 atom stereocenters. The third-order valence-corrected chi connectivity index (χ3v) is 0.1000. The van der Waals surface area contributed by atoms with E-state index < -0.39 is 0 Å². The number of aliphatic hydroxyl groups is 2. The van der Waals surface area contributed by atoms with E-state index in [9.17, 15) is 0 Å². The summed E-state index contributed by atoms with van der Waals surface area (Å²) < 4.78 is 0. The molecule has 0 saturated carbocycles. The average Bonchev–Trinajstić information content (AvgIpc) is 1.37. The fourth-order valence-corrected chi connectivity index (χ4v) is 0. The second-order valence-corrected chi connectivity index (χ2v) is 0.447. The number of rotatable bonds is 1. The van der Waals surface area contributed by atoms with E-state index in [2.05, 4.69) is 0 Å². The SMILES string of the molecule is OCCO.[K+].[OH-]. The molecule has 34 valence electrons. The molecular formula is C2H7KO3. The summed E-state index contributed by atoms with van der Waals surface area (Å²) in [4.78, 5) is 0. The van der Waals surface area contributed by atoms with Crippen LogP contribution in [0.2, 0.25) is 0 Å². The predicted molar refractivity (Wildman–Crippen MR) is 16.1 cm³/mol. The zero-order chi connectivity index (χ0) is 3.41. The topological polar surface area (TPSA) is 70.5 Å². The molecule has 0 unspecified atom stereocenters. The molecule has 3 N–H and O–H groups in total. The predicted octanol–water partition coefficient (Wildman–Crippen LogP) is -4.20. The normalized spacial score (nSPS) is 5.00. The fourth-order valence-electron chi connectivity index (χ4n) is 0. The van der Waals surface area contributed by atoms with Crippen molar-refractivity contribution in [3.05, 3.63) is 0 Å². The van der Waals surface area contributed by atoms with Crippen molar-refractivity contribution in [3.8, 4) is 0 Å². The Morgan fingerprint density at radius 3 is 1.17 bits per heavy atom. The maximum atomic E-state index is 7.62. The largest absolute Gasteiger partial charge is 1.00 e. The van der Waals surface area contributed by atoms with Crippen molar-refractivity contribution >= 4 is 0 Å². The number of hydrogen-bond acceptors (Lipinski definition) is 3.